The fourth-order valence-electron chi connectivity index (χ4n) is 2.51. The van der Waals surface area contributed by atoms with E-state index in [1.54, 1.807) is 13.0 Å². The first-order valence-corrected chi connectivity index (χ1v) is 8.09. The van der Waals surface area contributed by atoms with Crippen molar-refractivity contribution in [1.29, 1.82) is 0 Å². The first kappa shape index (κ1) is 16.2. The van der Waals surface area contributed by atoms with Gasteiger partial charge in [0.25, 0.3) is 0 Å². The lowest BCUT2D eigenvalue weighted by Gasteiger charge is -2.06. The van der Waals surface area contributed by atoms with Crippen molar-refractivity contribution in [1.82, 2.24) is 4.98 Å². The van der Waals surface area contributed by atoms with Crippen molar-refractivity contribution in [2.45, 2.75) is 6.92 Å². The summed E-state index contributed by atoms with van der Waals surface area (Å²) in [5.74, 6) is -0.453. The Hall–Kier alpha value is -1.68. The zero-order chi connectivity index (χ0) is 16.6. The molecule has 1 heterocycles. The fraction of sp³-hybridized carbons (Fsp3) is 0.118. The van der Waals surface area contributed by atoms with Gasteiger partial charge in [-0.25, -0.2) is 4.79 Å². The summed E-state index contributed by atoms with van der Waals surface area (Å²) in [6, 6.07) is 11.1. The molecular weight excluding hydrogens is 357 g/mol. The predicted octanol–water partition coefficient (Wildman–Crippen LogP) is 5.97. The summed E-state index contributed by atoms with van der Waals surface area (Å²) >= 11 is 18.7. The molecular formula is C17H12Cl3NO2. The number of halogens is 3. The maximum Gasteiger partial charge on any atom is 0.355 e. The smallest absolute Gasteiger partial charge is 0.355 e. The normalized spacial score (nSPS) is 11.0. The van der Waals surface area contributed by atoms with Crippen molar-refractivity contribution in [3.63, 3.8) is 0 Å². The molecule has 0 saturated carbocycles. The van der Waals surface area contributed by atoms with Gasteiger partial charge in [0, 0.05) is 16.5 Å². The minimum absolute atomic E-state index is 0.257. The van der Waals surface area contributed by atoms with E-state index in [-0.39, 0.29) is 11.6 Å². The van der Waals surface area contributed by atoms with Crippen LogP contribution in [0.3, 0.4) is 0 Å². The zero-order valence-corrected chi connectivity index (χ0v) is 14.4. The van der Waals surface area contributed by atoms with E-state index in [1.165, 1.54) is 0 Å². The average molecular weight is 369 g/mol. The molecule has 2 aromatic carbocycles. The van der Waals surface area contributed by atoms with Crippen LogP contribution in [0.25, 0.3) is 22.0 Å². The molecule has 3 nitrogen and oxygen atoms in total. The molecule has 118 valence electrons. The Kier molecular flexibility index (Phi) is 4.53. The second kappa shape index (κ2) is 6.44. The molecule has 0 amide bonds. The van der Waals surface area contributed by atoms with Crippen molar-refractivity contribution in [3.8, 4) is 11.1 Å². The fourth-order valence-corrected chi connectivity index (χ4v) is 3.21. The molecule has 0 aliphatic carbocycles. The highest BCUT2D eigenvalue weighted by atomic mass is 35.5. The lowest BCUT2D eigenvalue weighted by Crippen LogP contribution is -2.06. The second-order valence-electron chi connectivity index (χ2n) is 4.87. The summed E-state index contributed by atoms with van der Waals surface area (Å²) < 4.78 is 5.14. The van der Waals surface area contributed by atoms with Crippen LogP contribution in [-0.4, -0.2) is 17.6 Å². The molecule has 0 bridgehead atoms. The van der Waals surface area contributed by atoms with Crippen LogP contribution in [0.1, 0.15) is 17.4 Å². The Bertz CT molecular complexity index is 888. The lowest BCUT2D eigenvalue weighted by molar-refractivity contribution is 0.0521. The van der Waals surface area contributed by atoms with Crippen LogP contribution >= 0.6 is 34.8 Å². The monoisotopic (exact) mass is 367 g/mol. The van der Waals surface area contributed by atoms with E-state index >= 15 is 0 Å². The van der Waals surface area contributed by atoms with E-state index in [0.717, 1.165) is 5.56 Å². The largest absolute Gasteiger partial charge is 0.461 e. The van der Waals surface area contributed by atoms with E-state index in [4.69, 9.17) is 39.5 Å². The van der Waals surface area contributed by atoms with Gasteiger partial charge in [-0.15, -0.1) is 0 Å². The Morgan fingerprint density at radius 3 is 2.48 bits per heavy atom. The molecule has 0 aliphatic rings. The number of hydrogen-bond acceptors (Lipinski definition) is 2. The topological polar surface area (TPSA) is 42.1 Å². The van der Waals surface area contributed by atoms with Crippen LogP contribution in [0.2, 0.25) is 15.1 Å². The standard InChI is InChI=1S/C17H12Cl3NO2/c1-2-23-17(22)16-12(9-6-4-3-5-7-9)13-11(21-16)8-10(18)14(19)15(13)20/h3-8,21H,2H2,1H3. The number of benzene rings is 2. The first-order valence-electron chi connectivity index (χ1n) is 6.96. The molecule has 0 atom stereocenters. The van der Waals surface area contributed by atoms with Gasteiger partial charge < -0.3 is 9.72 Å². The molecule has 1 N–H and O–H groups in total. The van der Waals surface area contributed by atoms with Crippen LogP contribution in [-0.2, 0) is 4.74 Å². The number of ether oxygens (including phenoxy) is 1. The third kappa shape index (κ3) is 2.80. The second-order valence-corrected chi connectivity index (χ2v) is 6.03. The van der Waals surface area contributed by atoms with Gasteiger partial charge in [-0.05, 0) is 18.6 Å². The molecule has 0 saturated heterocycles. The van der Waals surface area contributed by atoms with Crippen LogP contribution in [0.15, 0.2) is 36.4 Å². The highest BCUT2D eigenvalue weighted by Gasteiger charge is 2.23. The molecule has 6 heteroatoms. The molecule has 0 fully saturated rings. The Labute approximate surface area is 148 Å². The maximum absolute atomic E-state index is 12.3. The van der Waals surface area contributed by atoms with E-state index in [2.05, 4.69) is 4.98 Å². The molecule has 3 aromatic rings. The van der Waals surface area contributed by atoms with E-state index in [9.17, 15) is 4.79 Å². The summed E-state index contributed by atoms with van der Waals surface area (Å²) in [5.41, 5.74) is 2.45. The molecule has 0 unspecified atom stereocenters. The minimum atomic E-state index is -0.453. The van der Waals surface area contributed by atoms with Crippen LogP contribution < -0.4 is 0 Å². The number of fused-ring (bicyclic) bond motifs is 1. The van der Waals surface area contributed by atoms with Gasteiger partial charge in [-0.2, -0.15) is 0 Å². The maximum atomic E-state index is 12.3. The first-order chi connectivity index (χ1) is 11.0. The molecule has 0 radical (unpaired) electrons. The van der Waals surface area contributed by atoms with E-state index in [1.807, 2.05) is 30.3 Å². The quantitative estimate of drug-likeness (QED) is 0.457. The number of rotatable bonds is 3. The molecule has 3 rings (SSSR count). The molecule has 1 aromatic heterocycles. The predicted molar refractivity (Wildman–Crippen MR) is 94.7 cm³/mol. The Morgan fingerprint density at radius 2 is 1.83 bits per heavy atom. The number of H-pyrrole nitrogens is 1. The third-order valence-corrected chi connectivity index (χ3v) is 4.73. The average Bonchev–Trinajstić information content (AvgIpc) is 2.93. The minimum Gasteiger partial charge on any atom is -0.461 e. The van der Waals surface area contributed by atoms with E-state index < -0.39 is 5.97 Å². The van der Waals surface area contributed by atoms with Gasteiger partial charge in [0.05, 0.1) is 21.7 Å². The van der Waals surface area contributed by atoms with Gasteiger partial charge >= 0.3 is 5.97 Å². The molecule has 0 aliphatic heterocycles. The van der Waals surface area contributed by atoms with Crippen LogP contribution in [0.4, 0.5) is 0 Å². The van der Waals surface area contributed by atoms with Crippen LogP contribution in [0, 0.1) is 0 Å². The lowest BCUT2D eigenvalue weighted by atomic mass is 10.0. The highest BCUT2D eigenvalue weighted by Crippen LogP contribution is 2.43. The number of carbonyl (C=O) groups excluding carboxylic acids is 1. The van der Waals surface area contributed by atoms with Gasteiger partial charge in [-0.1, -0.05) is 65.1 Å². The third-order valence-electron chi connectivity index (χ3n) is 3.46. The number of hydrogen-bond donors (Lipinski definition) is 1. The molecule has 23 heavy (non-hydrogen) atoms. The summed E-state index contributed by atoms with van der Waals surface area (Å²) in [6.07, 6.45) is 0. The summed E-state index contributed by atoms with van der Waals surface area (Å²) in [5, 5.41) is 1.53. The zero-order valence-electron chi connectivity index (χ0n) is 12.1. The number of nitrogens with one attached hydrogen (secondary N) is 1. The SMILES string of the molecule is CCOC(=O)c1[nH]c2cc(Cl)c(Cl)c(Cl)c2c1-c1ccccc1. The Morgan fingerprint density at radius 1 is 1.13 bits per heavy atom. The van der Waals surface area contributed by atoms with Crippen molar-refractivity contribution in [2.24, 2.45) is 0 Å². The van der Waals surface area contributed by atoms with Gasteiger partial charge in [0.1, 0.15) is 5.69 Å². The van der Waals surface area contributed by atoms with Crippen molar-refractivity contribution in [3.05, 3.63) is 57.2 Å². The summed E-state index contributed by atoms with van der Waals surface area (Å²) in [7, 11) is 0. The highest BCUT2D eigenvalue weighted by molar-refractivity contribution is 6.51. The number of carbonyl (C=O) groups is 1. The summed E-state index contributed by atoms with van der Waals surface area (Å²) in [4.78, 5) is 15.4. The van der Waals surface area contributed by atoms with Gasteiger partial charge in [0.15, 0.2) is 0 Å². The van der Waals surface area contributed by atoms with Gasteiger partial charge in [-0.3, -0.25) is 0 Å². The van der Waals surface area contributed by atoms with Gasteiger partial charge in [0.2, 0.25) is 0 Å². The van der Waals surface area contributed by atoms with Crippen molar-refractivity contribution in [2.75, 3.05) is 6.61 Å². The summed E-state index contributed by atoms with van der Waals surface area (Å²) in [6.45, 7) is 2.03. The molecule has 0 spiro atoms. The van der Waals surface area contributed by atoms with Crippen molar-refractivity contribution >= 4 is 51.7 Å². The van der Waals surface area contributed by atoms with Crippen molar-refractivity contribution < 1.29 is 9.53 Å². The number of aromatic nitrogens is 1. The number of esters is 1. The Balaban J connectivity index is 2.39. The van der Waals surface area contributed by atoms with Crippen LogP contribution in [0.5, 0.6) is 0 Å². The number of aromatic amines is 1. The van der Waals surface area contributed by atoms with E-state index in [0.29, 0.717) is 32.2 Å².